The van der Waals surface area contributed by atoms with Crippen LogP contribution in [0.3, 0.4) is 0 Å². The third-order valence-corrected chi connectivity index (χ3v) is 2.40. The quantitative estimate of drug-likeness (QED) is 0.707. The highest BCUT2D eigenvalue weighted by Gasteiger charge is 2.23. The number of nitrogens with zero attached hydrogens (tertiary/aromatic N) is 1. The van der Waals surface area contributed by atoms with Crippen molar-refractivity contribution in [3.05, 3.63) is 0 Å². The van der Waals surface area contributed by atoms with E-state index < -0.39 is 5.60 Å². The fourth-order valence-electron chi connectivity index (χ4n) is 1.52. The largest absolute Gasteiger partial charge is 0.444 e. The fourth-order valence-corrected chi connectivity index (χ4v) is 1.81. The number of carbonyl (C=O) groups is 1. The molecule has 0 radical (unpaired) electrons. The lowest BCUT2D eigenvalue weighted by molar-refractivity contribution is 0.0488. The normalized spacial score (nSPS) is 23.6. The van der Waals surface area contributed by atoms with Gasteiger partial charge in [0.25, 0.3) is 0 Å². The Kier molecular flexibility index (Phi) is 4.22. The third kappa shape index (κ3) is 5.23. The molecule has 1 N–H and O–H groups in total. The number of carbonyl (C=O) groups excluding carboxylic acids is 1. The highest BCUT2D eigenvalue weighted by Crippen LogP contribution is 2.13. The van der Waals surface area contributed by atoms with Crippen LogP contribution in [0.1, 0.15) is 33.6 Å². The number of rotatable bonds is 1. The van der Waals surface area contributed by atoms with Gasteiger partial charge in [0.2, 0.25) is 0 Å². The molecule has 1 heterocycles. The molecule has 5 heteroatoms. The Balaban J connectivity index is 2.31. The number of amides is 1. The van der Waals surface area contributed by atoms with Crippen LogP contribution in [0.25, 0.3) is 0 Å². The summed E-state index contributed by atoms with van der Waals surface area (Å²) in [7, 11) is 0. The predicted molar refractivity (Wildman–Crippen MR) is 59.8 cm³/mol. The van der Waals surface area contributed by atoms with E-state index >= 15 is 0 Å². The Morgan fingerprint density at radius 2 is 2.20 bits per heavy atom. The number of hydrogen-bond donors (Lipinski definition) is 1. The van der Waals surface area contributed by atoms with E-state index in [1.165, 1.54) is 0 Å². The molecule has 0 aromatic carbocycles. The summed E-state index contributed by atoms with van der Waals surface area (Å²) in [4.78, 5) is 11.4. The minimum atomic E-state index is -0.445. The number of nitrogens with one attached hydrogen (secondary N) is 1. The van der Waals surface area contributed by atoms with E-state index in [9.17, 15) is 4.79 Å². The van der Waals surface area contributed by atoms with Gasteiger partial charge in [0.1, 0.15) is 5.60 Å². The monoisotopic (exact) mass is 234 g/mol. The lowest BCUT2D eigenvalue weighted by Crippen LogP contribution is -2.46. The Morgan fingerprint density at radius 1 is 1.53 bits per heavy atom. The van der Waals surface area contributed by atoms with Crippen molar-refractivity contribution in [2.75, 3.05) is 13.1 Å². The van der Waals surface area contributed by atoms with Gasteiger partial charge in [-0.3, -0.25) is 0 Å². The summed E-state index contributed by atoms with van der Waals surface area (Å²) in [6, 6.07) is 0.103. The van der Waals surface area contributed by atoms with Crippen LogP contribution in [0.15, 0.2) is 0 Å². The van der Waals surface area contributed by atoms with E-state index in [1.54, 1.807) is 4.42 Å². The molecule has 0 unspecified atom stereocenters. The molecular weight excluding hydrogens is 216 g/mol. The first-order valence-electron chi connectivity index (χ1n) is 5.27. The van der Waals surface area contributed by atoms with Gasteiger partial charge in [-0.2, -0.15) is 0 Å². The van der Waals surface area contributed by atoms with E-state index in [2.05, 4.69) is 5.32 Å². The highest BCUT2D eigenvalue weighted by atomic mass is 35.5. The van der Waals surface area contributed by atoms with Crippen molar-refractivity contribution in [3.8, 4) is 0 Å². The van der Waals surface area contributed by atoms with Crippen molar-refractivity contribution < 1.29 is 9.53 Å². The maximum absolute atomic E-state index is 11.4. The summed E-state index contributed by atoms with van der Waals surface area (Å²) in [5.74, 6) is 0. The lowest BCUT2D eigenvalue weighted by atomic mass is 10.1. The average molecular weight is 235 g/mol. The lowest BCUT2D eigenvalue weighted by Gasteiger charge is -2.29. The molecule has 1 saturated heterocycles. The first-order valence-corrected chi connectivity index (χ1v) is 5.61. The van der Waals surface area contributed by atoms with Crippen molar-refractivity contribution in [2.24, 2.45) is 0 Å². The molecule has 88 valence electrons. The molecule has 1 rings (SSSR count). The van der Waals surface area contributed by atoms with Crippen LogP contribution in [-0.4, -0.2) is 35.2 Å². The van der Waals surface area contributed by atoms with Crippen molar-refractivity contribution in [1.29, 1.82) is 0 Å². The van der Waals surface area contributed by atoms with Gasteiger partial charge in [-0.05, 0) is 45.4 Å². The van der Waals surface area contributed by atoms with Gasteiger partial charge in [0.05, 0.1) is 0 Å². The zero-order valence-corrected chi connectivity index (χ0v) is 10.3. The highest BCUT2D eigenvalue weighted by molar-refractivity contribution is 6.13. The SMILES string of the molecule is CC(C)(C)OC(=O)N[C@H]1CCCN(Cl)C1. The minimum absolute atomic E-state index is 0.103. The molecule has 1 atom stereocenters. The standard InChI is InChI=1S/C10H19ClN2O2/c1-10(2,3)15-9(14)12-8-5-4-6-13(11)7-8/h8H,4-7H2,1-3H3,(H,12,14)/t8-/m0/s1. The number of hydrogen-bond acceptors (Lipinski definition) is 3. The smallest absolute Gasteiger partial charge is 0.407 e. The molecule has 0 aromatic heterocycles. The summed E-state index contributed by atoms with van der Waals surface area (Å²) in [5.41, 5.74) is -0.445. The molecule has 4 nitrogen and oxygen atoms in total. The van der Waals surface area contributed by atoms with Crippen molar-refractivity contribution in [3.63, 3.8) is 0 Å². The molecule has 0 saturated carbocycles. The average Bonchev–Trinajstić information content (AvgIpc) is 1.99. The van der Waals surface area contributed by atoms with Crippen LogP contribution in [0.2, 0.25) is 0 Å². The molecule has 1 fully saturated rings. The fraction of sp³-hybridized carbons (Fsp3) is 0.900. The molecule has 15 heavy (non-hydrogen) atoms. The van der Waals surface area contributed by atoms with E-state index in [1.807, 2.05) is 20.8 Å². The topological polar surface area (TPSA) is 41.6 Å². The second-order valence-corrected chi connectivity index (χ2v) is 5.33. The number of piperidine rings is 1. The van der Waals surface area contributed by atoms with Gasteiger partial charge in [-0.1, -0.05) is 0 Å². The Morgan fingerprint density at radius 3 is 2.73 bits per heavy atom. The zero-order valence-electron chi connectivity index (χ0n) is 9.55. The molecule has 0 bridgehead atoms. The second-order valence-electron chi connectivity index (χ2n) is 4.85. The van der Waals surface area contributed by atoms with Crippen LogP contribution in [0.5, 0.6) is 0 Å². The molecule has 1 amide bonds. The minimum Gasteiger partial charge on any atom is -0.444 e. The molecule has 0 aromatic rings. The van der Waals surface area contributed by atoms with E-state index in [0.29, 0.717) is 6.54 Å². The zero-order chi connectivity index (χ0) is 11.5. The van der Waals surface area contributed by atoms with Crippen LogP contribution in [0.4, 0.5) is 4.79 Å². The third-order valence-electron chi connectivity index (χ3n) is 2.09. The number of halogens is 1. The number of alkyl carbamates (subject to hydrolysis) is 1. The second kappa shape index (κ2) is 5.03. The van der Waals surface area contributed by atoms with Gasteiger partial charge in [0.15, 0.2) is 0 Å². The van der Waals surface area contributed by atoms with Gasteiger partial charge >= 0.3 is 6.09 Å². The first kappa shape index (κ1) is 12.6. The molecule has 0 spiro atoms. The maximum atomic E-state index is 11.4. The molecular formula is C10H19ClN2O2. The Hall–Kier alpha value is -0.480. The Labute approximate surface area is 96.0 Å². The van der Waals surface area contributed by atoms with Crippen LogP contribution in [-0.2, 0) is 4.74 Å². The van der Waals surface area contributed by atoms with Gasteiger partial charge in [0, 0.05) is 19.1 Å². The van der Waals surface area contributed by atoms with Crippen LogP contribution < -0.4 is 5.32 Å². The molecule has 0 aliphatic carbocycles. The van der Waals surface area contributed by atoms with Crippen molar-refractivity contribution >= 4 is 17.9 Å². The van der Waals surface area contributed by atoms with Crippen LogP contribution in [0, 0.1) is 0 Å². The van der Waals surface area contributed by atoms with Gasteiger partial charge < -0.3 is 10.1 Å². The Bertz CT molecular complexity index is 228. The molecule has 1 aliphatic rings. The van der Waals surface area contributed by atoms with Crippen molar-refractivity contribution in [1.82, 2.24) is 9.74 Å². The van der Waals surface area contributed by atoms with Gasteiger partial charge in [-0.25, -0.2) is 9.21 Å². The maximum Gasteiger partial charge on any atom is 0.407 e. The van der Waals surface area contributed by atoms with E-state index in [4.69, 9.17) is 16.5 Å². The first-order chi connectivity index (χ1) is 6.87. The van der Waals surface area contributed by atoms with Crippen molar-refractivity contribution in [2.45, 2.75) is 45.3 Å². The van der Waals surface area contributed by atoms with Gasteiger partial charge in [-0.15, -0.1) is 0 Å². The van der Waals surface area contributed by atoms with E-state index in [-0.39, 0.29) is 12.1 Å². The number of ether oxygens (including phenoxy) is 1. The van der Waals surface area contributed by atoms with Crippen LogP contribution >= 0.6 is 11.8 Å². The summed E-state index contributed by atoms with van der Waals surface area (Å²) in [6.07, 6.45) is 1.60. The predicted octanol–water partition coefficient (Wildman–Crippen LogP) is 2.13. The summed E-state index contributed by atoms with van der Waals surface area (Å²) >= 11 is 5.87. The molecule has 1 aliphatic heterocycles. The summed E-state index contributed by atoms with van der Waals surface area (Å²) < 4.78 is 6.86. The summed E-state index contributed by atoms with van der Waals surface area (Å²) in [5, 5.41) is 2.82. The van der Waals surface area contributed by atoms with E-state index in [0.717, 1.165) is 19.4 Å². The summed E-state index contributed by atoms with van der Waals surface area (Å²) in [6.45, 7) is 7.11.